The van der Waals surface area contributed by atoms with Crippen LogP contribution in [0.2, 0.25) is 0 Å². The minimum absolute atomic E-state index is 0.451. The van der Waals surface area contributed by atoms with Gasteiger partial charge in [-0.25, -0.2) is 0 Å². The summed E-state index contributed by atoms with van der Waals surface area (Å²) in [4.78, 5) is 0. The van der Waals surface area contributed by atoms with Gasteiger partial charge in [-0.3, -0.25) is 0 Å². The van der Waals surface area contributed by atoms with Gasteiger partial charge < -0.3 is 0 Å². The molecular formula is C29H46. The molecule has 0 heterocycles. The quantitative estimate of drug-likeness (QED) is 0.408. The van der Waals surface area contributed by atoms with E-state index in [2.05, 4.69) is 53.7 Å². The summed E-state index contributed by atoms with van der Waals surface area (Å²) in [7, 11) is 0. The molecule has 0 radical (unpaired) electrons. The Labute approximate surface area is 181 Å². The second-order valence-corrected chi connectivity index (χ2v) is 11.9. The predicted octanol–water partition coefficient (Wildman–Crippen LogP) is 9.04. The SMILES string of the molecule is CCC1CC[C@]2(C)C3=C(CCC2C1)C1=CC[C@H]([C@H](C)CCC=C(C)C)[C@@]1(C)CC3. The van der Waals surface area contributed by atoms with Crippen LogP contribution in [0, 0.1) is 34.5 Å². The fraction of sp³-hybridized carbons (Fsp3) is 0.793. The molecule has 4 aliphatic carbocycles. The molecule has 0 aromatic carbocycles. The van der Waals surface area contributed by atoms with Gasteiger partial charge in [0, 0.05) is 0 Å². The molecule has 0 heteroatoms. The van der Waals surface area contributed by atoms with Crippen LogP contribution < -0.4 is 0 Å². The lowest BCUT2D eigenvalue weighted by molar-refractivity contribution is 0.0789. The maximum absolute atomic E-state index is 2.71. The highest BCUT2D eigenvalue weighted by molar-refractivity contribution is 5.49. The number of rotatable bonds is 5. The summed E-state index contributed by atoms with van der Waals surface area (Å²) < 4.78 is 0. The van der Waals surface area contributed by atoms with Gasteiger partial charge in [-0.15, -0.1) is 0 Å². The standard InChI is InChI=1S/C29H46/c1-7-22-15-17-28(5)23(19-22)11-12-24-26-14-13-25(21(4)10-8-9-20(2)3)29(26,6)18-16-27(24)28/h9,14,21-23,25H,7-8,10-13,15-19H2,1-6H3/t21-,22?,23?,25-,28+,29-/m1/s1. The Morgan fingerprint density at radius 3 is 2.66 bits per heavy atom. The first-order chi connectivity index (χ1) is 13.8. The summed E-state index contributed by atoms with van der Waals surface area (Å²) in [6, 6.07) is 0. The van der Waals surface area contributed by atoms with Crippen LogP contribution in [0.3, 0.4) is 0 Å². The zero-order valence-electron chi connectivity index (χ0n) is 20.2. The number of fused-ring (bicyclic) bond motifs is 4. The van der Waals surface area contributed by atoms with E-state index in [4.69, 9.17) is 0 Å². The van der Waals surface area contributed by atoms with Crippen LogP contribution in [0.4, 0.5) is 0 Å². The van der Waals surface area contributed by atoms with Gasteiger partial charge in [-0.2, -0.15) is 0 Å². The molecule has 6 atom stereocenters. The maximum Gasteiger partial charge on any atom is -0.00389 e. The largest absolute Gasteiger partial charge is 0.0859 e. The summed E-state index contributed by atoms with van der Waals surface area (Å²) in [5.41, 5.74) is 8.04. The molecule has 0 nitrogen and oxygen atoms in total. The van der Waals surface area contributed by atoms with Crippen molar-refractivity contribution in [1.29, 1.82) is 0 Å². The maximum atomic E-state index is 2.71. The molecule has 0 saturated heterocycles. The van der Waals surface area contributed by atoms with E-state index in [-0.39, 0.29) is 0 Å². The van der Waals surface area contributed by atoms with Gasteiger partial charge in [0.05, 0.1) is 0 Å². The molecule has 0 aromatic heterocycles. The van der Waals surface area contributed by atoms with Gasteiger partial charge >= 0.3 is 0 Å². The van der Waals surface area contributed by atoms with E-state index in [1.165, 1.54) is 76.2 Å². The highest BCUT2D eigenvalue weighted by atomic mass is 14.6. The number of allylic oxidation sites excluding steroid dienone is 6. The van der Waals surface area contributed by atoms with Crippen molar-refractivity contribution in [3.05, 3.63) is 34.4 Å². The van der Waals surface area contributed by atoms with Gasteiger partial charge in [0.25, 0.3) is 0 Å². The molecule has 1 saturated carbocycles. The molecule has 2 unspecified atom stereocenters. The topological polar surface area (TPSA) is 0 Å². The summed E-state index contributed by atoms with van der Waals surface area (Å²) >= 11 is 0. The molecule has 0 N–H and O–H groups in total. The Balaban J connectivity index is 1.55. The van der Waals surface area contributed by atoms with E-state index in [1.807, 2.05) is 16.7 Å². The van der Waals surface area contributed by atoms with Crippen LogP contribution in [-0.4, -0.2) is 0 Å². The molecule has 29 heavy (non-hydrogen) atoms. The van der Waals surface area contributed by atoms with Crippen molar-refractivity contribution < 1.29 is 0 Å². The molecule has 0 spiro atoms. The van der Waals surface area contributed by atoms with Crippen molar-refractivity contribution in [2.24, 2.45) is 34.5 Å². The average Bonchev–Trinajstić information content (AvgIpc) is 3.04. The van der Waals surface area contributed by atoms with E-state index in [9.17, 15) is 0 Å². The Morgan fingerprint density at radius 1 is 1.14 bits per heavy atom. The lowest BCUT2D eigenvalue weighted by Crippen LogP contribution is -2.43. The summed E-state index contributed by atoms with van der Waals surface area (Å²) in [6.07, 6.45) is 20.6. The van der Waals surface area contributed by atoms with Crippen LogP contribution in [0.1, 0.15) is 112 Å². The molecule has 1 fully saturated rings. The zero-order chi connectivity index (χ0) is 20.8. The molecular weight excluding hydrogens is 348 g/mol. The van der Waals surface area contributed by atoms with Crippen molar-refractivity contribution in [2.75, 3.05) is 0 Å². The lowest BCUT2D eigenvalue weighted by Gasteiger charge is -2.54. The zero-order valence-corrected chi connectivity index (χ0v) is 20.2. The van der Waals surface area contributed by atoms with E-state index in [1.54, 1.807) is 0 Å². The first-order valence-corrected chi connectivity index (χ1v) is 12.9. The van der Waals surface area contributed by atoms with Gasteiger partial charge in [-0.1, -0.05) is 57.4 Å². The van der Waals surface area contributed by atoms with Crippen LogP contribution in [-0.2, 0) is 0 Å². The van der Waals surface area contributed by atoms with Crippen LogP contribution in [0.15, 0.2) is 34.4 Å². The van der Waals surface area contributed by atoms with Crippen molar-refractivity contribution in [3.8, 4) is 0 Å². The van der Waals surface area contributed by atoms with Crippen molar-refractivity contribution in [1.82, 2.24) is 0 Å². The third kappa shape index (κ3) is 3.61. The van der Waals surface area contributed by atoms with Crippen LogP contribution >= 0.6 is 0 Å². The normalized spacial score (nSPS) is 39.9. The van der Waals surface area contributed by atoms with Gasteiger partial charge in [0.1, 0.15) is 0 Å². The Hall–Kier alpha value is -0.780. The summed E-state index contributed by atoms with van der Waals surface area (Å²) in [5, 5.41) is 0. The first-order valence-electron chi connectivity index (χ1n) is 12.9. The molecule has 0 amide bonds. The minimum atomic E-state index is 0.451. The fourth-order valence-corrected chi connectivity index (χ4v) is 8.05. The monoisotopic (exact) mass is 394 g/mol. The highest BCUT2D eigenvalue weighted by Gasteiger charge is 2.52. The smallest absolute Gasteiger partial charge is 0.00389 e. The Bertz CT molecular complexity index is 714. The lowest BCUT2D eigenvalue weighted by atomic mass is 9.50. The van der Waals surface area contributed by atoms with E-state index >= 15 is 0 Å². The van der Waals surface area contributed by atoms with Crippen LogP contribution in [0.5, 0.6) is 0 Å². The summed E-state index contributed by atoms with van der Waals surface area (Å²) in [6.45, 7) is 14.7. The Kier molecular flexibility index (Phi) is 5.95. The molecule has 0 bridgehead atoms. The van der Waals surface area contributed by atoms with E-state index in [0.717, 1.165) is 23.7 Å². The molecule has 162 valence electrons. The summed E-state index contributed by atoms with van der Waals surface area (Å²) in [5.74, 6) is 3.66. The molecule has 4 rings (SSSR count). The molecule has 4 aliphatic rings. The third-order valence-electron chi connectivity index (χ3n) is 10.1. The van der Waals surface area contributed by atoms with Crippen molar-refractivity contribution in [2.45, 2.75) is 112 Å². The van der Waals surface area contributed by atoms with Crippen molar-refractivity contribution >= 4 is 0 Å². The van der Waals surface area contributed by atoms with Gasteiger partial charge in [0.2, 0.25) is 0 Å². The minimum Gasteiger partial charge on any atom is -0.0859 e. The van der Waals surface area contributed by atoms with Gasteiger partial charge in [0.15, 0.2) is 0 Å². The van der Waals surface area contributed by atoms with E-state index in [0.29, 0.717) is 10.8 Å². The second kappa shape index (κ2) is 8.05. The Morgan fingerprint density at radius 2 is 1.93 bits per heavy atom. The van der Waals surface area contributed by atoms with E-state index < -0.39 is 0 Å². The van der Waals surface area contributed by atoms with Crippen molar-refractivity contribution in [3.63, 3.8) is 0 Å². The van der Waals surface area contributed by atoms with Gasteiger partial charge in [-0.05, 0) is 124 Å². The third-order valence-corrected chi connectivity index (χ3v) is 10.1. The fourth-order valence-electron chi connectivity index (χ4n) is 8.05. The molecule has 0 aliphatic heterocycles. The number of hydrogen-bond donors (Lipinski definition) is 0. The predicted molar refractivity (Wildman–Crippen MR) is 127 cm³/mol. The number of hydrogen-bond acceptors (Lipinski definition) is 0. The molecule has 0 aromatic rings. The van der Waals surface area contributed by atoms with Crippen LogP contribution in [0.25, 0.3) is 0 Å². The average molecular weight is 395 g/mol. The second-order valence-electron chi connectivity index (χ2n) is 11.9. The highest BCUT2D eigenvalue weighted by Crippen LogP contribution is 2.64. The first kappa shape index (κ1) is 21.5.